The van der Waals surface area contributed by atoms with Crippen molar-refractivity contribution in [1.29, 1.82) is 0 Å². The van der Waals surface area contributed by atoms with Crippen LogP contribution in [0, 0.1) is 0 Å². The molecule has 12 heavy (non-hydrogen) atoms. The Kier molecular flexibility index (Phi) is 2.36. The summed E-state index contributed by atoms with van der Waals surface area (Å²) < 4.78 is 0. The highest BCUT2D eigenvalue weighted by Crippen LogP contribution is 2.24. The molecule has 66 valence electrons. The highest BCUT2D eigenvalue weighted by Gasteiger charge is 2.28. The van der Waals surface area contributed by atoms with Gasteiger partial charge in [0.2, 0.25) is 0 Å². The van der Waals surface area contributed by atoms with Crippen molar-refractivity contribution in [2.75, 3.05) is 0 Å². The molecule has 1 unspecified atom stereocenters. The molecule has 0 aliphatic carbocycles. The zero-order chi connectivity index (χ0) is 9.30. The summed E-state index contributed by atoms with van der Waals surface area (Å²) in [5.41, 5.74) is 3.08. The highest BCUT2D eigenvalue weighted by atomic mass is 16.2. The van der Waals surface area contributed by atoms with E-state index in [2.05, 4.69) is 5.32 Å². The summed E-state index contributed by atoms with van der Waals surface area (Å²) in [6, 6.07) is 0.174. The van der Waals surface area contributed by atoms with E-state index in [1.54, 1.807) is 0 Å². The van der Waals surface area contributed by atoms with Gasteiger partial charge >= 0.3 is 0 Å². The van der Waals surface area contributed by atoms with Crippen LogP contribution in [0.15, 0.2) is 22.8 Å². The van der Waals surface area contributed by atoms with Crippen molar-refractivity contribution in [3.63, 3.8) is 0 Å². The number of carbonyl (C=O) groups excluding carboxylic acids is 1. The van der Waals surface area contributed by atoms with Crippen molar-refractivity contribution < 1.29 is 4.79 Å². The number of hydrogen-bond acceptors (Lipinski definition) is 1. The quantitative estimate of drug-likeness (QED) is 0.545. The lowest BCUT2D eigenvalue weighted by Gasteiger charge is -2.03. The molecule has 0 aromatic carbocycles. The number of amides is 1. The summed E-state index contributed by atoms with van der Waals surface area (Å²) in [6.07, 6.45) is 2.00. The minimum Gasteiger partial charge on any atom is -0.345 e. The van der Waals surface area contributed by atoms with Crippen LogP contribution >= 0.6 is 0 Å². The lowest BCUT2D eigenvalue weighted by atomic mass is 10.0. The maximum atomic E-state index is 11.4. The van der Waals surface area contributed by atoms with Crippen LogP contribution in [0.25, 0.3) is 0 Å². The first-order valence-corrected chi connectivity index (χ1v) is 4.22. The second kappa shape index (κ2) is 3.13. The van der Waals surface area contributed by atoms with Gasteiger partial charge in [0.1, 0.15) is 0 Å². The standard InChI is InChI=1S/C10H15NO/c1-5-8-7(4)11-10(12)9(8)6(2)3/h5,7H,1-4H3,(H,11,12)/b8-5+. The maximum Gasteiger partial charge on any atom is 0.252 e. The van der Waals surface area contributed by atoms with Gasteiger partial charge in [-0.25, -0.2) is 0 Å². The Balaban J connectivity index is 3.17. The molecule has 0 radical (unpaired) electrons. The zero-order valence-corrected chi connectivity index (χ0v) is 8.06. The fraction of sp³-hybridized carbons (Fsp3) is 0.500. The average Bonchev–Trinajstić information content (AvgIpc) is 2.24. The van der Waals surface area contributed by atoms with Gasteiger partial charge in [-0.1, -0.05) is 11.6 Å². The zero-order valence-electron chi connectivity index (χ0n) is 8.06. The van der Waals surface area contributed by atoms with Gasteiger partial charge in [0, 0.05) is 5.57 Å². The van der Waals surface area contributed by atoms with E-state index >= 15 is 0 Å². The van der Waals surface area contributed by atoms with Gasteiger partial charge in [-0.05, 0) is 33.3 Å². The Morgan fingerprint density at radius 1 is 1.50 bits per heavy atom. The molecule has 1 N–H and O–H groups in total. The molecule has 1 saturated heterocycles. The van der Waals surface area contributed by atoms with Crippen LogP contribution in [0.2, 0.25) is 0 Å². The lowest BCUT2D eigenvalue weighted by Crippen LogP contribution is -2.22. The molecule has 0 aromatic heterocycles. The first kappa shape index (κ1) is 9.04. The van der Waals surface area contributed by atoms with E-state index in [0.29, 0.717) is 0 Å². The number of hydrogen-bond donors (Lipinski definition) is 1. The summed E-state index contributed by atoms with van der Waals surface area (Å²) in [7, 11) is 0. The molecule has 1 rings (SSSR count). The summed E-state index contributed by atoms with van der Waals surface area (Å²) in [5.74, 6) is 0.0654. The third kappa shape index (κ3) is 1.29. The van der Waals surface area contributed by atoms with Crippen LogP contribution in [-0.2, 0) is 4.79 Å². The van der Waals surface area contributed by atoms with Crippen molar-refractivity contribution >= 4 is 5.91 Å². The third-order valence-electron chi connectivity index (χ3n) is 2.14. The molecule has 1 atom stereocenters. The number of carbonyl (C=O) groups is 1. The second-order valence-corrected chi connectivity index (χ2v) is 3.31. The summed E-state index contributed by atoms with van der Waals surface area (Å²) in [4.78, 5) is 11.4. The molecule has 0 saturated carbocycles. The Morgan fingerprint density at radius 3 is 2.42 bits per heavy atom. The number of allylic oxidation sites excluding steroid dienone is 2. The second-order valence-electron chi connectivity index (χ2n) is 3.31. The molecule has 1 fully saturated rings. The van der Waals surface area contributed by atoms with Crippen molar-refractivity contribution in [2.24, 2.45) is 0 Å². The van der Waals surface area contributed by atoms with Gasteiger partial charge in [0.25, 0.3) is 5.91 Å². The van der Waals surface area contributed by atoms with Gasteiger partial charge in [-0.3, -0.25) is 4.79 Å². The normalized spacial score (nSPS) is 26.3. The summed E-state index contributed by atoms with van der Waals surface area (Å²) in [6.45, 7) is 7.91. The average molecular weight is 165 g/mol. The molecule has 1 aliphatic rings. The molecule has 1 aliphatic heterocycles. The molecule has 2 heteroatoms. The van der Waals surface area contributed by atoms with Crippen LogP contribution in [0.5, 0.6) is 0 Å². The molecule has 0 bridgehead atoms. The van der Waals surface area contributed by atoms with Gasteiger partial charge in [0.05, 0.1) is 6.04 Å². The van der Waals surface area contributed by atoms with Crippen LogP contribution < -0.4 is 5.32 Å². The summed E-state index contributed by atoms with van der Waals surface area (Å²) >= 11 is 0. The lowest BCUT2D eigenvalue weighted by molar-refractivity contribution is -0.116. The van der Waals surface area contributed by atoms with E-state index in [9.17, 15) is 4.79 Å². The first-order chi connectivity index (χ1) is 5.57. The SMILES string of the molecule is C/C=C1/C(=C(C)C)C(=O)NC1C. The molecule has 0 spiro atoms. The van der Waals surface area contributed by atoms with Gasteiger partial charge in [-0.2, -0.15) is 0 Å². The third-order valence-corrected chi connectivity index (χ3v) is 2.14. The van der Waals surface area contributed by atoms with E-state index in [1.165, 1.54) is 0 Å². The van der Waals surface area contributed by atoms with Crippen molar-refractivity contribution in [2.45, 2.75) is 33.7 Å². The number of rotatable bonds is 0. The van der Waals surface area contributed by atoms with Crippen molar-refractivity contribution in [1.82, 2.24) is 5.32 Å². The van der Waals surface area contributed by atoms with Crippen molar-refractivity contribution in [3.8, 4) is 0 Å². The predicted octanol–water partition coefficient (Wildman–Crippen LogP) is 1.79. The molecule has 1 amide bonds. The minimum atomic E-state index is 0.0654. The van der Waals surface area contributed by atoms with Crippen LogP contribution in [0.3, 0.4) is 0 Å². The monoisotopic (exact) mass is 165 g/mol. The van der Waals surface area contributed by atoms with Gasteiger partial charge < -0.3 is 5.32 Å². The predicted molar refractivity (Wildman–Crippen MR) is 49.7 cm³/mol. The van der Waals surface area contributed by atoms with Crippen LogP contribution in [0.4, 0.5) is 0 Å². The van der Waals surface area contributed by atoms with E-state index in [-0.39, 0.29) is 11.9 Å². The first-order valence-electron chi connectivity index (χ1n) is 4.22. The van der Waals surface area contributed by atoms with E-state index in [4.69, 9.17) is 0 Å². The highest BCUT2D eigenvalue weighted by molar-refractivity contribution is 6.02. The minimum absolute atomic E-state index is 0.0654. The molecular formula is C10H15NO. The Morgan fingerprint density at radius 2 is 2.08 bits per heavy atom. The Bertz CT molecular complexity index is 270. The Hall–Kier alpha value is -1.05. The van der Waals surface area contributed by atoms with E-state index < -0.39 is 0 Å². The van der Waals surface area contributed by atoms with Crippen LogP contribution in [0.1, 0.15) is 27.7 Å². The smallest absolute Gasteiger partial charge is 0.252 e. The topological polar surface area (TPSA) is 29.1 Å². The van der Waals surface area contributed by atoms with E-state index in [0.717, 1.165) is 16.7 Å². The fourth-order valence-corrected chi connectivity index (χ4v) is 1.60. The largest absolute Gasteiger partial charge is 0.345 e. The molecule has 1 heterocycles. The maximum absolute atomic E-state index is 11.4. The summed E-state index contributed by atoms with van der Waals surface area (Å²) in [5, 5.41) is 2.88. The fourth-order valence-electron chi connectivity index (χ4n) is 1.60. The van der Waals surface area contributed by atoms with Crippen LogP contribution in [-0.4, -0.2) is 11.9 Å². The van der Waals surface area contributed by atoms with Gasteiger partial charge in [-0.15, -0.1) is 0 Å². The molecular weight excluding hydrogens is 150 g/mol. The number of nitrogens with one attached hydrogen (secondary N) is 1. The van der Waals surface area contributed by atoms with Crippen molar-refractivity contribution in [3.05, 3.63) is 22.8 Å². The molecule has 2 nitrogen and oxygen atoms in total. The van der Waals surface area contributed by atoms with E-state index in [1.807, 2.05) is 33.8 Å². The van der Waals surface area contributed by atoms with Gasteiger partial charge in [0.15, 0.2) is 0 Å². The molecule has 0 aromatic rings. The Labute approximate surface area is 73.4 Å².